The molecular weight excluding hydrogens is 526 g/mol. The number of amides is 3. The van der Waals surface area contributed by atoms with E-state index in [-0.39, 0.29) is 23.6 Å². The van der Waals surface area contributed by atoms with Gasteiger partial charge in [0.2, 0.25) is 5.91 Å². The van der Waals surface area contributed by atoms with Crippen LogP contribution in [0, 0.1) is 5.92 Å². The van der Waals surface area contributed by atoms with Crippen LogP contribution in [-0.2, 0) is 4.79 Å². The molecule has 2 aliphatic heterocycles. The number of piperazine rings is 2. The fraction of sp³-hybridized carbons (Fsp3) is 0.452. The average molecular weight is 564 g/mol. The summed E-state index contributed by atoms with van der Waals surface area (Å²) < 4.78 is 1.92. The Hall–Kier alpha value is -3.36. The Morgan fingerprint density at radius 1 is 0.725 bits per heavy atom. The molecule has 5 rings (SSSR count). The highest BCUT2D eigenvalue weighted by Gasteiger charge is 2.29. The van der Waals surface area contributed by atoms with Crippen LogP contribution in [0.4, 0.5) is 0 Å². The number of carbonyl (C=O) groups is 3. The van der Waals surface area contributed by atoms with Crippen molar-refractivity contribution in [2.75, 3.05) is 52.4 Å². The number of rotatable bonds is 5. The van der Waals surface area contributed by atoms with Crippen LogP contribution in [0.2, 0.25) is 5.02 Å². The molecule has 3 amide bonds. The highest BCUT2D eigenvalue weighted by Crippen LogP contribution is 2.29. The standard InChI is InChI=1S/C31H38ClN5O3/c1-21(2)29(38)34-14-16-36(17-15-34)31(40)28-19-24-18-23(30(39)35-12-10-33(11-13-35)22(3)4)8-9-27(24)37(28)26-7-5-6-25(32)20-26/h5-9,18-22H,10-17H2,1-4H3. The van der Waals surface area contributed by atoms with Gasteiger partial charge in [0.1, 0.15) is 5.69 Å². The maximum absolute atomic E-state index is 13.9. The fourth-order valence-electron chi connectivity index (χ4n) is 5.68. The smallest absolute Gasteiger partial charge is 0.270 e. The summed E-state index contributed by atoms with van der Waals surface area (Å²) in [6.07, 6.45) is 0. The second-order valence-corrected chi connectivity index (χ2v) is 11.7. The van der Waals surface area contributed by atoms with E-state index in [0.29, 0.717) is 61.6 Å². The third-order valence-corrected chi connectivity index (χ3v) is 8.27. The lowest BCUT2D eigenvalue weighted by Gasteiger charge is -2.37. The number of nitrogens with zero attached hydrogens (tertiary/aromatic N) is 5. The van der Waals surface area contributed by atoms with Gasteiger partial charge in [-0.1, -0.05) is 31.5 Å². The van der Waals surface area contributed by atoms with Crippen LogP contribution in [0.5, 0.6) is 0 Å². The first kappa shape index (κ1) is 28.2. The van der Waals surface area contributed by atoms with Crippen molar-refractivity contribution in [3.05, 3.63) is 64.8 Å². The zero-order valence-corrected chi connectivity index (χ0v) is 24.5. The van der Waals surface area contributed by atoms with E-state index in [4.69, 9.17) is 11.6 Å². The summed E-state index contributed by atoms with van der Waals surface area (Å²) in [5.74, 6) is -0.0447. The van der Waals surface area contributed by atoms with Crippen LogP contribution >= 0.6 is 11.6 Å². The normalized spacial score (nSPS) is 16.8. The van der Waals surface area contributed by atoms with Gasteiger partial charge in [0.05, 0.1) is 5.52 Å². The Morgan fingerprint density at radius 2 is 1.35 bits per heavy atom. The molecule has 2 fully saturated rings. The van der Waals surface area contributed by atoms with Gasteiger partial charge in [-0.25, -0.2) is 0 Å². The Kier molecular flexibility index (Phi) is 8.19. The topological polar surface area (TPSA) is 69.1 Å². The van der Waals surface area contributed by atoms with Crippen molar-refractivity contribution in [2.45, 2.75) is 33.7 Å². The molecule has 8 nitrogen and oxygen atoms in total. The maximum atomic E-state index is 13.9. The van der Waals surface area contributed by atoms with E-state index < -0.39 is 0 Å². The molecule has 212 valence electrons. The van der Waals surface area contributed by atoms with E-state index in [0.717, 1.165) is 29.7 Å². The molecule has 0 N–H and O–H groups in total. The van der Waals surface area contributed by atoms with E-state index in [1.165, 1.54) is 0 Å². The van der Waals surface area contributed by atoms with E-state index in [9.17, 15) is 14.4 Å². The van der Waals surface area contributed by atoms with Gasteiger partial charge in [0.15, 0.2) is 0 Å². The predicted octanol–water partition coefficient (Wildman–Crippen LogP) is 4.39. The molecule has 2 aromatic carbocycles. The molecule has 0 unspecified atom stereocenters. The summed E-state index contributed by atoms with van der Waals surface area (Å²) in [4.78, 5) is 47.7. The third-order valence-electron chi connectivity index (χ3n) is 8.04. The molecule has 0 bridgehead atoms. The van der Waals surface area contributed by atoms with Crippen LogP contribution < -0.4 is 0 Å². The molecule has 0 radical (unpaired) electrons. The minimum Gasteiger partial charge on any atom is -0.339 e. The summed E-state index contributed by atoms with van der Waals surface area (Å²) in [7, 11) is 0. The second kappa shape index (κ2) is 11.6. The molecule has 0 spiro atoms. The summed E-state index contributed by atoms with van der Waals surface area (Å²) in [6.45, 7) is 13.3. The lowest BCUT2D eigenvalue weighted by molar-refractivity contribution is -0.135. The fourth-order valence-corrected chi connectivity index (χ4v) is 5.86. The van der Waals surface area contributed by atoms with Gasteiger partial charge >= 0.3 is 0 Å². The molecule has 2 saturated heterocycles. The first-order valence-electron chi connectivity index (χ1n) is 14.2. The average Bonchev–Trinajstić information content (AvgIpc) is 3.35. The highest BCUT2D eigenvalue weighted by molar-refractivity contribution is 6.30. The molecule has 2 aliphatic rings. The van der Waals surface area contributed by atoms with E-state index in [1.54, 1.807) is 11.0 Å². The number of hydrogen-bond acceptors (Lipinski definition) is 4. The number of halogens is 1. The van der Waals surface area contributed by atoms with Gasteiger partial charge in [-0.05, 0) is 56.3 Å². The van der Waals surface area contributed by atoms with Crippen LogP contribution in [0.3, 0.4) is 0 Å². The molecule has 9 heteroatoms. The minimum atomic E-state index is -0.106. The Labute approximate surface area is 241 Å². The molecule has 1 aromatic heterocycles. The van der Waals surface area contributed by atoms with Gasteiger partial charge in [-0.15, -0.1) is 0 Å². The largest absolute Gasteiger partial charge is 0.339 e. The monoisotopic (exact) mass is 563 g/mol. The molecule has 0 saturated carbocycles. The SMILES string of the molecule is CC(C)C(=O)N1CCN(C(=O)c2cc3cc(C(=O)N4CCN(C(C)C)CC4)ccc3n2-c2cccc(Cl)c2)CC1. The summed E-state index contributed by atoms with van der Waals surface area (Å²) in [5, 5.41) is 1.40. The van der Waals surface area contributed by atoms with Crippen molar-refractivity contribution >= 4 is 40.2 Å². The van der Waals surface area contributed by atoms with Crippen molar-refractivity contribution < 1.29 is 14.4 Å². The minimum absolute atomic E-state index is 0.0135. The lowest BCUT2D eigenvalue weighted by atomic mass is 10.1. The number of carbonyl (C=O) groups excluding carboxylic acids is 3. The Morgan fingerprint density at radius 3 is 1.98 bits per heavy atom. The zero-order valence-electron chi connectivity index (χ0n) is 23.8. The van der Waals surface area contributed by atoms with Crippen molar-refractivity contribution in [3.63, 3.8) is 0 Å². The zero-order chi connectivity index (χ0) is 28.6. The molecule has 0 atom stereocenters. The van der Waals surface area contributed by atoms with Gasteiger partial charge in [-0.2, -0.15) is 0 Å². The van der Waals surface area contributed by atoms with E-state index >= 15 is 0 Å². The number of aromatic nitrogens is 1. The second-order valence-electron chi connectivity index (χ2n) is 11.3. The first-order valence-corrected chi connectivity index (χ1v) is 14.5. The highest BCUT2D eigenvalue weighted by atomic mass is 35.5. The van der Waals surface area contributed by atoms with Crippen LogP contribution in [0.25, 0.3) is 16.6 Å². The predicted molar refractivity (Wildman–Crippen MR) is 158 cm³/mol. The van der Waals surface area contributed by atoms with Gasteiger partial charge in [0.25, 0.3) is 11.8 Å². The molecule has 0 aliphatic carbocycles. The summed E-state index contributed by atoms with van der Waals surface area (Å²) in [5.41, 5.74) is 2.74. The van der Waals surface area contributed by atoms with Crippen LogP contribution in [0.1, 0.15) is 48.5 Å². The first-order chi connectivity index (χ1) is 19.1. The van der Waals surface area contributed by atoms with Gasteiger partial charge < -0.3 is 19.3 Å². The molecule has 40 heavy (non-hydrogen) atoms. The molecule has 3 aromatic rings. The number of hydrogen-bond donors (Lipinski definition) is 0. The van der Waals surface area contributed by atoms with Crippen LogP contribution in [0.15, 0.2) is 48.5 Å². The van der Waals surface area contributed by atoms with Gasteiger partial charge in [-0.3, -0.25) is 19.3 Å². The van der Waals surface area contributed by atoms with Crippen molar-refractivity contribution in [3.8, 4) is 5.69 Å². The number of benzene rings is 2. The van der Waals surface area contributed by atoms with Crippen molar-refractivity contribution in [2.24, 2.45) is 5.92 Å². The van der Waals surface area contributed by atoms with Gasteiger partial charge in [0, 0.05) is 86.0 Å². The molecule has 3 heterocycles. The number of fused-ring (bicyclic) bond motifs is 1. The Bertz CT molecular complexity index is 1420. The quantitative estimate of drug-likeness (QED) is 0.462. The maximum Gasteiger partial charge on any atom is 0.270 e. The van der Waals surface area contributed by atoms with Crippen LogP contribution in [-0.4, -0.2) is 100 Å². The van der Waals surface area contributed by atoms with Crippen molar-refractivity contribution in [1.29, 1.82) is 0 Å². The van der Waals surface area contributed by atoms with Crippen molar-refractivity contribution in [1.82, 2.24) is 24.2 Å². The van der Waals surface area contributed by atoms with E-state index in [1.807, 2.05) is 70.7 Å². The third kappa shape index (κ3) is 5.60. The summed E-state index contributed by atoms with van der Waals surface area (Å²) >= 11 is 6.35. The lowest BCUT2D eigenvalue weighted by Crippen LogP contribution is -2.51. The summed E-state index contributed by atoms with van der Waals surface area (Å²) in [6, 6.07) is 15.4. The van der Waals surface area contributed by atoms with E-state index in [2.05, 4.69) is 18.7 Å². The Balaban J connectivity index is 1.45. The molecular formula is C31H38ClN5O3.